The van der Waals surface area contributed by atoms with E-state index >= 15 is 0 Å². The van der Waals surface area contributed by atoms with Crippen molar-refractivity contribution in [3.05, 3.63) is 33.8 Å². The van der Waals surface area contributed by atoms with E-state index in [1.165, 1.54) is 12.1 Å². The van der Waals surface area contributed by atoms with E-state index in [1.807, 2.05) is 13.8 Å². The second-order valence-electron chi connectivity index (χ2n) is 5.83. The largest absolute Gasteiger partial charge is 0.389 e. The number of halogens is 3. The van der Waals surface area contributed by atoms with Crippen LogP contribution in [0.3, 0.4) is 0 Å². The smallest absolute Gasteiger partial charge is 0.143 e. The maximum absolute atomic E-state index is 14.0. The van der Waals surface area contributed by atoms with Crippen molar-refractivity contribution in [1.29, 1.82) is 0 Å². The molecule has 2 nitrogen and oxygen atoms in total. The van der Waals surface area contributed by atoms with E-state index < -0.39 is 17.2 Å². The van der Waals surface area contributed by atoms with Crippen LogP contribution in [-0.2, 0) is 11.2 Å². The van der Waals surface area contributed by atoms with Crippen molar-refractivity contribution in [3.8, 4) is 0 Å². The van der Waals surface area contributed by atoms with Crippen molar-refractivity contribution < 1.29 is 18.6 Å². The molecule has 112 valence electrons. The molecular formula is C15H19BrF2O2. The van der Waals surface area contributed by atoms with Crippen LogP contribution in [-0.4, -0.2) is 23.4 Å². The van der Waals surface area contributed by atoms with Crippen molar-refractivity contribution in [2.45, 2.75) is 44.8 Å². The van der Waals surface area contributed by atoms with E-state index in [1.54, 1.807) is 0 Å². The van der Waals surface area contributed by atoms with Crippen LogP contribution in [0, 0.1) is 17.6 Å². The third-order valence-electron chi connectivity index (χ3n) is 3.87. The zero-order valence-corrected chi connectivity index (χ0v) is 13.2. The van der Waals surface area contributed by atoms with Gasteiger partial charge in [-0.1, -0.05) is 13.8 Å². The van der Waals surface area contributed by atoms with E-state index in [4.69, 9.17) is 4.74 Å². The van der Waals surface area contributed by atoms with Gasteiger partial charge in [0.25, 0.3) is 0 Å². The minimum Gasteiger partial charge on any atom is -0.389 e. The number of hydrogen-bond acceptors (Lipinski definition) is 2. The summed E-state index contributed by atoms with van der Waals surface area (Å²) >= 11 is 3.05. The van der Waals surface area contributed by atoms with Crippen LogP contribution in [0.25, 0.3) is 0 Å². The Morgan fingerprint density at radius 1 is 1.45 bits per heavy atom. The second kappa shape index (κ2) is 6.08. The summed E-state index contributed by atoms with van der Waals surface area (Å²) in [5.74, 6) is -0.989. The number of aliphatic hydroxyl groups is 1. The summed E-state index contributed by atoms with van der Waals surface area (Å²) in [6.07, 6.45) is 0.681. The summed E-state index contributed by atoms with van der Waals surface area (Å²) in [5.41, 5.74) is -1.18. The predicted molar refractivity (Wildman–Crippen MR) is 76.5 cm³/mol. The Bertz CT molecular complexity index is 493. The highest BCUT2D eigenvalue weighted by Gasteiger charge is 2.37. The zero-order chi connectivity index (χ0) is 14.9. The van der Waals surface area contributed by atoms with Gasteiger partial charge in [-0.15, -0.1) is 0 Å². The minimum atomic E-state index is -1.12. The van der Waals surface area contributed by atoms with Gasteiger partial charge in [0.2, 0.25) is 0 Å². The summed E-state index contributed by atoms with van der Waals surface area (Å²) in [4.78, 5) is 0. The fourth-order valence-corrected chi connectivity index (χ4v) is 2.96. The zero-order valence-electron chi connectivity index (χ0n) is 11.6. The van der Waals surface area contributed by atoms with Gasteiger partial charge in [-0.05, 0) is 40.4 Å². The van der Waals surface area contributed by atoms with Crippen molar-refractivity contribution in [2.75, 3.05) is 6.61 Å². The topological polar surface area (TPSA) is 29.5 Å². The van der Waals surface area contributed by atoms with Crippen LogP contribution in [0.4, 0.5) is 8.78 Å². The first kappa shape index (κ1) is 15.9. The Hall–Kier alpha value is -0.520. The van der Waals surface area contributed by atoms with Crippen molar-refractivity contribution in [1.82, 2.24) is 0 Å². The highest BCUT2D eigenvalue weighted by Crippen LogP contribution is 2.33. The molecule has 1 aliphatic heterocycles. The highest BCUT2D eigenvalue weighted by atomic mass is 79.9. The van der Waals surface area contributed by atoms with Crippen molar-refractivity contribution in [3.63, 3.8) is 0 Å². The maximum Gasteiger partial charge on any atom is 0.143 e. The number of hydrogen-bond donors (Lipinski definition) is 1. The molecule has 2 atom stereocenters. The van der Waals surface area contributed by atoms with Crippen molar-refractivity contribution >= 4 is 15.9 Å². The predicted octanol–water partition coefficient (Wildman–Crippen LogP) is 3.84. The monoisotopic (exact) mass is 348 g/mol. The number of rotatable bonds is 3. The summed E-state index contributed by atoms with van der Waals surface area (Å²) in [6, 6.07) is 2.55. The van der Waals surface area contributed by atoms with Gasteiger partial charge >= 0.3 is 0 Å². The minimum absolute atomic E-state index is 0.0311. The molecule has 0 bridgehead atoms. The summed E-state index contributed by atoms with van der Waals surface area (Å²) in [5, 5.41) is 10.7. The Labute approximate surface area is 126 Å². The first-order chi connectivity index (χ1) is 9.32. The van der Waals surface area contributed by atoms with Gasteiger partial charge in [-0.3, -0.25) is 0 Å². The number of benzene rings is 1. The van der Waals surface area contributed by atoms with Crippen LogP contribution in [0.2, 0.25) is 0 Å². The molecule has 5 heteroatoms. The average Bonchev–Trinajstić information content (AvgIpc) is 2.39. The first-order valence-corrected chi connectivity index (χ1v) is 7.58. The SMILES string of the molecule is CC(C)C1CC(O)(Cc2c(F)ccc(Br)c2F)CCO1. The van der Waals surface area contributed by atoms with Gasteiger partial charge in [0.1, 0.15) is 11.6 Å². The van der Waals surface area contributed by atoms with E-state index in [-0.39, 0.29) is 28.5 Å². The molecular weight excluding hydrogens is 330 g/mol. The maximum atomic E-state index is 14.0. The average molecular weight is 349 g/mol. The summed E-state index contributed by atoms with van der Waals surface area (Å²) in [6.45, 7) is 4.43. The van der Waals surface area contributed by atoms with Crippen LogP contribution < -0.4 is 0 Å². The van der Waals surface area contributed by atoms with Gasteiger partial charge < -0.3 is 9.84 Å². The van der Waals surface area contributed by atoms with E-state index in [0.717, 1.165) is 0 Å². The summed E-state index contributed by atoms with van der Waals surface area (Å²) in [7, 11) is 0. The third kappa shape index (κ3) is 3.38. The molecule has 1 heterocycles. The van der Waals surface area contributed by atoms with Gasteiger partial charge in [-0.25, -0.2) is 8.78 Å². The molecule has 1 aliphatic rings. The van der Waals surface area contributed by atoms with Crippen LogP contribution >= 0.6 is 15.9 Å². The summed E-state index contributed by atoms with van der Waals surface area (Å²) < 4.78 is 33.6. The lowest BCUT2D eigenvalue weighted by atomic mass is 9.81. The molecule has 0 saturated carbocycles. The molecule has 2 unspecified atom stereocenters. The lowest BCUT2D eigenvalue weighted by Gasteiger charge is -2.38. The Morgan fingerprint density at radius 3 is 2.80 bits per heavy atom. The molecule has 0 radical (unpaired) electrons. The van der Waals surface area contributed by atoms with E-state index in [2.05, 4.69) is 15.9 Å². The molecule has 1 aromatic carbocycles. The molecule has 0 aliphatic carbocycles. The molecule has 1 fully saturated rings. The molecule has 1 N–H and O–H groups in total. The van der Waals surface area contributed by atoms with Crippen LogP contribution in [0.1, 0.15) is 32.3 Å². The van der Waals surface area contributed by atoms with Crippen LogP contribution in [0.15, 0.2) is 16.6 Å². The fraction of sp³-hybridized carbons (Fsp3) is 0.600. The molecule has 2 rings (SSSR count). The molecule has 0 spiro atoms. The van der Waals surface area contributed by atoms with Gasteiger partial charge in [0, 0.05) is 25.0 Å². The van der Waals surface area contributed by atoms with Gasteiger partial charge in [0.05, 0.1) is 16.2 Å². The Kier molecular flexibility index (Phi) is 4.82. The Morgan fingerprint density at radius 2 is 2.15 bits per heavy atom. The van der Waals surface area contributed by atoms with Crippen molar-refractivity contribution in [2.24, 2.45) is 5.92 Å². The molecule has 20 heavy (non-hydrogen) atoms. The molecule has 0 aromatic heterocycles. The molecule has 1 aromatic rings. The standard InChI is InChI=1S/C15H19BrF2O2/c1-9(2)13-8-15(19,5-6-20-13)7-10-12(17)4-3-11(16)14(10)18/h3-4,9,13,19H,5-8H2,1-2H3. The third-order valence-corrected chi connectivity index (χ3v) is 4.48. The highest BCUT2D eigenvalue weighted by molar-refractivity contribution is 9.10. The number of ether oxygens (including phenoxy) is 1. The Balaban J connectivity index is 2.22. The molecule has 0 amide bonds. The molecule has 1 saturated heterocycles. The van der Waals surface area contributed by atoms with Crippen LogP contribution in [0.5, 0.6) is 0 Å². The first-order valence-electron chi connectivity index (χ1n) is 6.79. The quantitative estimate of drug-likeness (QED) is 0.841. The lowest BCUT2D eigenvalue weighted by molar-refractivity contribution is -0.116. The van der Waals surface area contributed by atoms with Gasteiger partial charge in [0.15, 0.2) is 0 Å². The second-order valence-corrected chi connectivity index (χ2v) is 6.68. The van der Waals surface area contributed by atoms with E-state index in [9.17, 15) is 13.9 Å². The van der Waals surface area contributed by atoms with E-state index in [0.29, 0.717) is 19.4 Å². The fourth-order valence-electron chi connectivity index (χ4n) is 2.58. The lowest BCUT2D eigenvalue weighted by Crippen LogP contribution is -2.44. The normalized spacial score (nSPS) is 27.1. The van der Waals surface area contributed by atoms with Gasteiger partial charge in [-0.2, -0.15) is 0 Å².